The number of hydrogen-bond acceptors (Lipinski definition) is 3. The average Bonchev–Trinajstić information content (AvgIpc) is 2.86. The molecule has 1 heterocycles. The zero-order valence-electron chi connectivity index (χ0n) is 12.5. The molecule has 1 unspecified atom stereocenters. The van der Waals surface area contributed by atoms with Crippen molar-refractivity contribution in [3.8, 4) is 0 Å². The molecule has 1 N–H and O–H groups in total. The Morgan fingerprint density at radius 3 is 3.05 bits per heavy atom. The number of para-hydroxylation sites is 1. The molecule has 0 bridgehead atoms. The van der Waals surface area contributed by atoms with Gasteiger partial charge in [-0.1, -0.05) is 25.1 Å². The number of thiazole rings is 1. The van der Waals surface area contributed by atoms with Gasteiger partial charge < -0.3 is 5.32 Å². The summed E-state index contributed by atoms with van der Waals surface area (Å²) in [5.74, 6) is 0.217. The van der Waals surface area contributed by atoms with Gasteiger partial charge in [-0.2, -0.15) is 0 Å². The molecule has 21 heavy (non-hydrogen) atoms. The molecule has 3 nitrogen and oxygen atoms in total. The highest BCUT2D eigenvalue weighted by Gasteiger charge is 2.27. The van der Waals surface area contributed by atoms with Crippen LogP contribution in [0.4, 0.5) is 5.69 Å². The van der Waals surface area contributed by atoms with E-state index in [9.17, 15) is 4.79 Å². The summed E-state index contributed by atoms with van der Waals surface area (Å²) in [6.07, 6.45) is 3.59. The summed E-state index contributed by atoms with van der Waals surface area (Å²) >= 11 is 1.73. The number of aryl methyl sites for hydroxylation is 3. The molecule has 110 valence electrons. The van der Waals surface area contributed by atoms with E-state index in [-0.39, 0.29) is 11.8 Å². The number of amides is 1. The fourth-order valence-electron chi connectivity index (χ4n) is 2.91. The van der Waals surface area contributed by atoms with Crippen molar-refractivity contribution >= 4 is 22.9 Å². The molecule has 3 rings (SSSR count). The van der Waals surface area contributed by atoms with Crippen molar-refractivity contribution in [3.63, 3.8) is 0 Å². The fourth-order valence-corrected chi connectivity index (χ4v) is 3.98. The molecule has 1 aliphatic carbocycles. The zero-order valence-corrected chi connectivity index (χ0v) is 13.3. The maximum atomic E-state index is 12.5. The summed E-state index contributed by atoms with van der Waals surface area (Å²) in [4.78, 5) is 18.4. The van der Waals surface area contributed by atoms with E-state index in [1.165, 1.54) is 16.1 Å². The lowest BCUT2D eigenvalue weighted by Gasteiger charge is -2.21. The summed E-state index contributed by atoms with van der Waals surface area (Å²) in [7, 11) is 0. The largest absolute Gasteiger partial charge is 0.326 e. The third-order valence-corrected chi connectivity index (χ3v) is 5.11. The minimum Gasteiger partial charge on any atom is -0.326 e. The van der Waals surface area contributed by atoms with Crippen LogP contribution < -0.4 is 5.32 Å². The molecule has 1 aliphatic rings. The Hall–Kier alpha value is -1.68. The van der Waals surface area contributed by atoms with Crippen LogP contribution in [0.5, 0.6) is 0 Å². The highest BCUT2D eigenvalue weighted by molar-refractivity contribution is 7.11. The minimum atomic E-state index is 0.0715. The van der Waals surface area contributed by atoms with Gasteiger partial charge >= 0.3 is 0 Å². The van der Waals surface area contributed by atoms with E-state index >= 15 is 0 Å². The second-order valence-corrected chi connectivity index (χ2v) is 6.83. The standard InChI is InChI=1S/C17H20N2OS/c1-3-12-6-4-5-7-14(12)19-17(20)13-8-9-15-16(10-13)21-11(2)18-15/h4-7,13H,3,8-10H2,1-2H3,(H,19,20). The third kappa shape index (κ3) is 3.00. The van der Waals surface area contributed by atoms with Crippen LogP contribution >= 0.6 is 11.3 Å². The summed E-state index contributed by atoms with van der Waals surface area (Å²) in [5, 5.41) is 4.22. The Morgan fingerprint density at radius 1 is 1.43 bits per heavy atom. The van der Waals surface area contributed by atoms with Crippen LogP contribution in [-0.4, -0.2) is 10.9 Å². The van der Waals surface area contributed by atoms with Crippen molar-refractivity contribution in [2.45, 2.75) is 39.5 Å². The second kappa shape index (κ2) is 5.98. The smallest absolute Gasteiger partial charge is 0.227 e. The Bertz CT molecular complexity index is 663. The molecule has 1 aromatic heterocycles. The Labute approximate surface area is 129 Å². The van der Waals surface area contributed by atoms with Crippen LogP contribution in [0, 0.1) is 12.8 Å². The van der Waals surface area contributed by atoms with Crippen LogP contribution in [0.3, 0.4) is 0 Å². The first-order valence-electron chi connectivity index (χ1n) is 7.51. The third-order valence-electron chi connectivity index (χ3n) is 4.07. The van der Waals surface area contributed by atoms with E-state index in [1.54, 1.807) is 11.3 Å². The number of rotatable bonds is 3. The Morgan fingerprint density at radius 2 is 2.24 bits per heavy atom. The molecular formula is C17H20N2OS. The van der Waals surface area contributed by atoms with Gasteiger partial charge in [0.15, 0.2) is 0 Å². The van der Waals surface area contributed by atoms with Gasteiger partial charge in [-0.05, 0) is 44.2 Å². The topological polar surface area (TPSA) is 42.0 Å². The molecule has 2 aromatic rings. The van der Waals surface area contributed by atoms with Crippen LogP contribution in [0.25, 0.3) is 0 Å². The van der Waals surface area contributed by atoms with Crippen LogP contribution in [0.2, 0.25) is 0 Å². The molecule has 0 saturated carbocycles. The summed E-state index contributed by atoms with van der Waals surface area (Å²) in [6.45, 7) is 4.15. The van der Waals surface area contributed by atoms with Gasteiger partial charge in [0, 0.05) is 16.5 Å². The summed E-state index contributed by atoms with van der Waals surface area (Å²) in [6, 6.07) is 8.05. The maximum absolute atomic E-state index is 12.5. The molecule has 0 spiro atoms. The molecule has 0 aliphatic heterocycles. The van der Waals surface area contributed by atoms with Crippen molar-refractivity contribution in [3.05, 3.63) is 45.4 Å². The highest BCUT2D eigenvalue weighted by Crippen LogP contribution is 2.30. The number of anilines is 1. The summed E-state index contributed by atoms with van der Waals surface area (Å²) in [5.41, 5.74) is 3.35. The van der Waals surface area contributed by atoms with Crippen molar-refractivity contribution < 1.29 is 4.79 Å². The lowest BCUT2D eigenvalue weighted by molar-refractivity contribution is -0.120. The van der Waals surface area contributed by atoms with Crippen molar-refractivity contribution in [2.24, 2.45) is 5.92 Å². The van der Waals surface area contributed by atoms with Crippen molar-refractivity contribution in [1.82, 2.24) is 4.98 Å². The van der Waals surface area contributed by atoms with Gasteiger partial charge in [-0.25, -0.2) is 4.98 Å². The number of carbonyl (C=O) groups excluding carboxylic acids is 1. The summed E-state index contributed by atoms with van der Waals surface area (Å²) < 4.78 is 0. The number of aromatic nitrogens is 1. The van der Waals surface area contributed by atoms with Gasteiger partial charge in [0.1, 0.15) is 0 Å². The number of hydrogen-bond donors (Lipinski definition) is 1. The maximum Gasteiger partial charge on any atom is 0.227 e. The molecule has 0 saturated heterocycles. The number of nitrogens with one attached hydrogen (secondary N) is 1. The van der Waals surface area contributed by atoms with E-state index in [1.807, 2.05) is 25.1 Å². The predicted molar refractivity (Wildman–Crippen MR) is 86.8 cm³/mol. The van der Waals surface area contributed by atoms with E-state index in [4.69, 9.17) is 0 Å². The van der Waals surface area contributed by atoms with E-state index in [0.717, 1.165) is 36.4 Å². The average molecular weight is 300 g/mol. The van der Waals surface area contributed by atoms with Gasteiger partial charge in [-0.3, -0.25) is 4.79 Å². The van der Waals surface area contributed by atoms with Gasteiger partial charge in [-0.15, -0.1) is 11.3 Å². The van der Waals surface area contributed by atoms with E-state index < -0.39 is 0 Å². The first-order valence-corrected chi connectivity index (χ1v) is 8.33. The Balaban J connectivity index is 1.72. The Kier molecular flexibility index (Phi) is 4.06. The zero-order chi connectivity index (χ0) is 14.8. The van der Waals surface area contributed by atoms with E-state index in [0.29, 0.717) is 0 Å². The van der Waals surface area contributed by atoms with Gasteiger partial charge in [0.25, 0.3) is 0 Å². The number of fused-ring (bicyclic) bond motifs is 1. The highest BCUT2D eigenvalue weighted by atomic mass is 32.1. The lowest BCUT2D eigenvalue weighted by atomic mass is 9.90. The lowest BCUT2D eigenvalue weighted by Crippen LogP contribution is -2.28. The monoisotopic (exact) mass is 300 g/mol. The molecular weight excluding hydrogens is 280 g/mol. The number of carbonyl (C=O) groups is 1. The molecule has 1 amide bonds. The molecule has 1 atom stereocenters. The normalized spacial score (nSPS) is 17.3. The quantitative estimate of drug-likeness (QED) is 0.938. The SMILES string of the molecule is CCc1ccccc1NC(=O)C1CCc2nc(C)sc2C1. The molecule has 1 aromatic carbocycles. The first-order chi connectivity index (χ1) is 10.2. The predicted octanol–water partition coefficient (Wildman–Crippen LogP) is 3.76. The molecule has 0 radical (unpaired) electrons. The first kappa shape index (κ1) is 14.3. The molecule has 4 heteroatoms. The van der Waals surface area contributed by atoms with Crippen LogP contribution in [0.15, 0.2) is 24.3 Å². The van der Waals surface area contributed by atoms with Crippen LogP contribution in [-0.2, 0) is 24.1 Å². The van der Waals surface area contributed by atoms with Crippen molar-refractivity contribution in [2.75, 3.05) is 5.32 Å². The molecule has 0 fully saturated rings. The fraction of sp³-hybridized carbons (Fsp3) is 0.412. The second-order valence-electron chi connectivity index (χ2n) is 5.54. The minimum absolute atomic E-state index is 0.0715. The number of benzene rings is 1. The van der Waals surface area contributed by atoms with Gasteiger partial charge in [0.2, 0.25) is 5.91 Å². The van der Waals surface area contributed by atoms with Crippen molar-refractivity contribution in [1.29, 1.82) is 0 Å². The van der Waals surface area contributed by atoms with Crippen LogP contribution in [0.1, 0.15) is 34.5 Å². The van der Waals surface area contributed by atoms with Gasteiger partial charge in [0.05, 0.1) is 10.7 Å². The number of nitrogens with zero attached hydrogens (tertiary/aromatic N) is 1. The van der Waals surface area contributed by atoms with E-state index in [2.05, 4.69) is 23.3 Å².